The molecular formula is C26H45NNaO7S+. The smallest absolute Gasteiger partial charge is 0.393 e. The standard InChI is InChI=1S/C26H45NO7S.Na/c1-15(4-7-21(29)27-12-13-35(32,33)34)17-5-6-18-22-19(9-11-25(17,18)2)26(3)10-8-16(28)14-20(26)23(30)24(22)31;/h15-20,22-24,28,30-31H,4-14H2,1-3H3,(H,27,29)(H,32,33,34);/q;+1/t15-,16-,17-,18+,19+,20+,22+,23-,24+,25-,26-;/m1./s1. The normalized spacial score (nSPS) is 45.0. The number of fused-ring (bicyclic) bond motifs is 5. The summed E-state index contributed by atoms with van der Waals surface area (Å²) in [6.45, 7) is 6.75. The van der Waals surface area contributed by atoms with Gasteiger partial charge in [0.15, 0.2) is 0 Å². The van der Waals surface area contributed by atoms with E-state index in [2.05, 4.69) is 26.1 Å². The second kappa shape index (κ2) is 11.4. The molecule has 0 aromatic carbocycles. The van der Waals surface area contributed by atoms with Gasteiger partial charge >= 0.3 is 29.6 Å². The Kier molecular flexibility index (Phi) is 9.75. The number of carbonyl (C=O) groups excluding carboxylic acids is 1. The van der Waals surface area contributed by atoms with Gasteiger partial charge in [-0.25, -0.2) is 0 Å². The summed E-state index contributed by atoms with van der Waals surface area (Å²) < 4.78 is 30.5. The van der Waals surface area contributed by atoms with Crippen molar-refractivity contribution in [1.82, 2.24) is 5.32 Å². The number of rotatable bonds is 7. The summed E-state index contributed by atoms with van der Waals surface area (Å²) >= 11 is 0. The first kappa shape index (κ1) is 30.8. The average Bonchev–Trinajstić information content (AvgIpc) is 3.13. The molecule has 0 bridgehead atoms. The molecule has 4 saturated carbocycles. The van der Waals surface area contributed by atoms with Crippen LogP contribution in [0.4, 0.5) is 0 Å². The molecule has 0 spiro atoms. The van der Waals surface area contributed by atoms with Crippen LogP contribution >= 0.6 is 0 Å². The van der Waals surface area contributed by atoms with Gasteiger partial charge < -0.3 is 20.6 Å². The Bertz CT molecular complexity index is 903. The van der Waals surface area contributed by atoms with Gasteiger partial charge in [-0.1, -0.05) is 20.8 Å². The zero-order chi connectivity index (χ0) is 25.8. The van der Waals surface area contributed by atoms with Crippen LogP contribution in [-0.2, 0) is 14.9 Å². The van der Waals surface area contributed by atoms with Gasteiger partial charge in [0.1, 0.15) is 0 Å². The first-order valence-electron chi connectivity index (χ1n) is 13.5. The van der Waals surface area contributed by atoms with E-state index in [-0.39, 0.29) is 70.8 Å². The fraction of sp³-hybridized carbons (Fsp3) is 0.962. The second-order valence-corrected chi connectivity index (χ2v) is 14.3. The molecule has 8 nitrogen and oxygen atoms in total. The fourth-order valence-electron chi connectivity index (χ4n) is 9.18. The van der Waals surface area contributed by atoms with E-state index < -0.39 is 28.1 Å². The zero-order valence-corrected chi connectivity index (χ0v) is 25.2. The predicted octanol–water partition coefficient (Wildman–Crippen LogP) is -0.628. The molecular weight excluding hydrogens is 493 g/mol. The second-order valence-electron chi connectivity index (χ2n) is 12.7. The summed E-state index contributed by atoms with van der Waals surface area (Å²) in [5.41, 5.74) is 0.00776. The molecule has 0 aliphatic heterocycles. The molecule has 4 aliphatic rings. The van der Waals surface area contributed by atoms with Crippen LogP contribution < -0.4 is 34.9 Å². The van der Waals surface area contributed by atoms with Crippen LogP contribution in [0.5, 0.6) is 0 Å². The first-order chi connectivity index (χ1) is 16.3. The maximum absolute atomic E-state index is 12.2. The van der Waals surface area contributed by atoms with Crippen molar-refractivity contribution in [1.29, 1.82) is 0 Å². The number of amides is 1. The van der Waals surface area contributed by atoms with Crippen molar-refractivity contribution in [3.63, 3.8) is 0 Å². The molecule has 0 aromatic heterocycles. The van der Waals surface area contributed by atoms with E-state index in [1.807, 2.05) is 0 Å². The van der Waals surface area contributed by atoms with E-state index in [0.717, 1.165) is 38.5 Å². The van der Waals surface area contributed by atoms with Gasteiger partial charge in [0.2, 0.25) is 5.91 Å². The number of hydrogen-bond donors (Lipinski definition) is 5. The van der Waals surface area contributed by atoms with Gasteiger partial charge in [0, 0.05) is 13.0 Å². The number of hydrogen-bond acceptors (Lipinski definition) is 6. The number of aliphatic hydroxyl groups is 3. The number of aliphatic hydroxyl groups excluding tert-OH is 3. The Balaban J connectivity index is 0.00000361. The van der Waals surface area contributed by atoms with Crippen LogP contribution in [0.1, 0.15) is 78.6 Å². The van der Waals surface area contributed by atoms with Crippen molar-refractivity contribution in [3.05, 3.63) is 0 Å². The van der Waals surface area contributed by atoms with Gasteiger partial charge in [-0.05, 0) is 97.7 Å². The van der Waals surface area contributed by atoms with E-state index in [1.54, 1.807) is 0 Å². The molecule has 4 rings (SSSR count). The van der Waals surface area contributed by atoms with Crippen molar-refractivity contribution in [3.8, 4) is 0 Å². The van der Waals surface area contributed by atoms with Gasteiger partial charge in [-0.15, -0.1) is 0 Å². The van der Waals surface area contributed by atoms with Crippen LogP contribution in [0.25, 0.3) is 0 Å². The largest absolute Gasteiger partial charge is 1.00 e. The van der Waals surface area contributed by atoms with Crippen molar-refractivity contribution in [2.24, 2.45) is 46.3 Å². The van der Waals surface area contributed by atoms with E-state index >= 15 is 0 Å². The van der Waals surface area contributed by atoms with E-state index in [9.17, 15) is 28.5 Å². The Morgan fingerprint density at radius 3 is 2.28 bits per heavy atom. The summed E-state index contributed by atoms with van der Waals surface area (Å²) in [4.78, 5) is 12.2. The van der Waals surface area contributed by atoms with E-state index in [4.69, 9.17) is 4.55 Å². The third-order valence-electron chi connectivity index (χ3n) is 11.0. The molecule has 4 aliphatic carbocycles. The molecule has 202 valence electrons. The molecule has 0 unspecified atom stereocenters. The minimum atomic E-state index is -4.08. The first-order valence-corrected chi connectivity index (χ1v) is 15.1. The van der Waals surface area contributed by atoms with Gasteiger partial charge in [-0.2, -0.15) is 8.42 Å². The summed E-state index contributed by atoms with van der Waals surface area (Å²) in [5, 5.41) is 35.4. The van der Waals surface area contributed by atoms with Crippen LogP contribution in [0.15, 0.2) is 0 Å². The Hall–Kier alpha value is 0.260. The van der Waals surface area contributed by atoms with Crippen molar-refractivity contribution in [2.75, 3.05) is 12.3 Å². The molecule has 0 aromatic rings. The molecule has 1 amide bonds. The number of carbonyl (C=O) groups is 1. The SMILES string of the molecule is C[C@H](CCC(=O)NCCS(=O)(=O)O)[C@H]1CC[C@H]2[C@@H]3[C@H](O)[C@H](O)[C@@H]4C[C@H](O)CC[C@]4(C)[C@H]3CC[C@]12C.[Na+]. The van der Waals surface area contributed by atoms with Crippen LogP contribution in [0.3, 0.4) is 0 Å². The van der Waals surface area contributed by atoms with Crippen molar-refractivity contribution in [2.45, 2.75) is 96.9 Å². The minimum absolute atomic E-state index is 0. The molecule has 0 heterocycles. The third kappa shape index (κ3) is 5.74. The molecule has 0 saturated heterocycles. The van der Waals surface area contributed by atoms with Crippen molar-refractivity contribution >= 4 is 16.0 Å². The molecule has 5 N–H and O–H groups in total. The molecule has 36 heavy (non-hydrogen) atoms. The molecule has 10 heteroatoms. The monoisotopic (exact) mass is 538 g/mol. The Morgan fingerprint density at radius 1 is 0.972 bits per heavy atom. The van der Waals surface area contributed by atoms with Crippen molar-refractivity contribution < 1.29 is 62.6 Å². The minimum Gasteiger partial charge on any atom is -0.393 e. The topological polar surface area (TPSA) is 144 Å². The Labute approximate surface area is 238 Å². The van der Waals surface area contributed by atoms with Crippen LogP contribution in [-0.4, -0.2) is 64.8 Å². The van der Waals surface area contributed by atoms with Crippen LogP contribution in [0.2, 0.25) is 0 Å². The zero-order valence-electron chi connectivity index (χ0n) is 22.4. The maximum atomic E-state index is 12.2. The van der Waals surface area contributed by atoms with E-state index in [1.165, 1.54) is 0 Å². The van der Waals surface area contributed by atoms with E-state index in [0.29, 0.717) is 42.9 Å². The predicted molar refractivity (Wildman–Crippen MR) is 132 cm³/mol. The summed E-state index contributed by atoms with van der Waals surface area (Å²) in [5.74, 6) is 0.781. The summed E-state index contributed by atoms with van der Waals surface area (Å²) in [7, 11) is -4.08. The fourth-order valence-corrected chi connectivity index (χ4v) is 9.54. The maximum Gasteiger partial charge on any atom is 1.00 e. The quantitative estimate of drug-likeness (QED) is 0.215. The van der Waals surface area contributed by atoms with Gasteiger partial charge in [0.05, 0.1) is 24.1 Å². The third-order valence-corrected chi connectivity index (χ3v) is 11.7. The summed E-state index contributed by atoms with van der Waals surface area (Å²) in [6, 6.07) is 0. The molecule has 11 atom stereocenters. The van der Waals surface area contributed by atoms with Gasteiger partial charge in [-0.3, -0.25) is 9.35 Å². The summed E-state index contributed by atoms with van der Waals surface area (Å²) in [6.07, 6.45) is 5.54. The van der Waals surface area contributed by atoms with Gasteiger partial charge in [0.25, 0.3) is 10.1 Å². The van der Waals surface area contributed by atoms with Crippen LogP contribution in [0, 0.1) is 46.3 Å². The Morgan fingerprint density at radius 2 is 1.61 bits per heavy atom. The molecule has 0 radical (unpaired) electrons. The average molecular weight is 539 g/mol. The molecule has 4 fully saturated rings. The number of nitrogens with one attached hydrogen (secondary N) is 1.